The molecule has 2 aromatic carbocycles. The molecule has 0 saturated carbocycles. The van der Waals surface area contributed by atoms with Crippen molar-refractivity contribution < 1.29 is 4.79 Å². The van der Waals surface area contributed by atoms with Crippen LogP contribution in [0.2, 0.25) is 10.0 Å². The molecule has 0 saturated heterocycles. The number of halogens is 2. The van der Waals surface area contributed by atoms with Gasteiger partial charge in [0.25, 0.3) is 0 Å². The zero-order valence-electron chi connectivity index (χ0n) is 11.7. The molecule has 0 unspecified atom stereocenters. The van der Waals surface area contributed by atoms with E-state index in [0.29, 0.717) is 27.6 Å². The third-order valence-corrected chi connectivity index (χ3v) is 4.01. The monoisotopic (exact) mass is 334 g/mol. The molecular formula is C15H12Cl2N4O. The van der Waals surface area contributed by atoms with Gasteiger partial charge < -0.3 is 0 Å². The smallest absolute Gasteiger partial charge is 0.293 e. The average Bonchev–Trinajstić information content (AvgIpc) is 2.92. The summed E-state index contributed by atoms with van der Waals surface area (Å²) >= 11 is 12.0. The van der Waals surface area contributed by atoms with E-state index in [1.54, 1.807) is 17.0 Å². The molecule has 3 rings (SSSR count). The van der Waals surface area contributed by atoms with Gasteiger partial charge >= 0.3 is 6.03 Å². The van der Waals surface area contributed by atoms with E-state index in [4.69, 9.17) is 23.2 Å². The summed E-state index contributed by atoms with van der Waals surface area (Å²) in [6.45, 7) is 2.40. The molecular weight excluding hydrogens is 323 g/mol. The van der Waals surface area contributed by atoms with Crippen LogP contribution < -0.4 is 4.90 Å². The fraction of sp³-hybridized carbons (Fsp3) is 0.133. The molecule has 0 radical (unpaired) electrons. The number of para-hydroxylation sites is 1. The molecule has 0 aliphatic carbocycles. The Hall–Kier alpha value is -2.11. The zero-order valence-corrected chi connectivity index (χ0v) is 13.2. The summed E-state index contributed by atoms with van der Waals surface area (Å²) in [5.41, 5.74) is 1.83. The van der Waals surface area contributed by atoms with E-state index in [9.17, 15) is 4.79 Å². The summed E-state index contributed by atoms with van der Waals surface area (Å²) in [4.78, 5) is 14.4. The van der Waals surface area contributed by atoms with Crippen LogP contribution in [0.3, 0.4) is 0 Å². The second-order valence-electron chi connectivity index (χ2n) is 4.62. The average molecular weight is 335 g/mol. The standard InChI is InChI=1S/C15H12Cl2N4O/c1-2-20(10-6-4-3-5-7-10)15(22)21-14-9-12(17)11(16)8-13(14)18-19-21/h3-9H,2H2,1H3. The quantitative estimate of drug-likeness (QED) is 0.704. The maximum Gasteiger partial charge on any atom is 0.351 e. The molecule has 3 aromatic rings. The van der Waals surface area contributed by atoms with Gasteiger partial charge in [-0.15, -0.1) is 5.10 Å². The molecule has 0 fully saturated rings. The number of carbonyl (C=O) groups is 1. The van der Waals surface area contributed by atoms with Crippen LogP contribution in [0.1, 0.15) is 6.92 Å². The molecule has 0 spiro atoms. The first kappa shape index (κ1) is 14.8. The van der Waals surface area contributed by atoms with Gasteiger partial charge in [0.2, 0.25) is 0 Å². The number of aromatic nitrogens is 3. The lowest BCUT2D eigenvalue weighted by Gasteiger charge is -2.20. The lowest BCUT2D eigenvalue weighted by atomic mass is 10.3. The molecule has 5 nitrogen and oxygen atoms in total. The van der Waals surface area contributed by atoms with Gasteiger partial charge in [0, 0.05) is 12.2 Å². The highest BCUT2D eigenvalue weighted by Crippen LogP contribution is 2.27. The summed E-state index contributed by atoms with van der Waals surface area (Å²) in [6, 6.07) is 12.3. The number of carbonyl (C=O) groups excluding carboxylic acids is 1. The Morgan fingerprint density at radius 3 is 2.55 bits per heavy atom. The molecule has 0 N–H and O–H groups in total. The van der Waals surface area contributed by atoms with Crippen molar-refractivity contribution in [1.82, 2.24) is 15.0 Å². The van der Waals surface area contributed by atoms with Crippen molar-refractivity contribution in [3.8, 4) is 0 Å². The van der Waals surface area contributed by atoms with Crippen molar-refractivity contribution in [2.24, 2.45) is 0 Å². The van der Waals surface area contributed by atoms with E-state index in [2.05, 4.69) is 10.3 Å². The minimum Gasteiger partial charge on any atom is -0.293 e. The van der Waals surface area contributed by atoms with Crippen LogP contribution in [-0.4, -0.2) is 27.6 Å². The van der Waals surface area contributed by atoms with Gasteiger partial charge in [-0.2, -0.15) is 4.68 Å². The second kappa shape index (κ2) is 5.94. The Kier molecular flexibility index (Phi) is 4.00. The van der Waals surface area contributed by atoms with Gasteiger partial charge in [-0.25, -0.2) is 4.79 Å². The normalized spacial score (nSPS) is 10.9. The predicted molar refractivity (Wildman–Crippen MR) is 87.8 cm³/mol. The maximum atomic E-state index is 12.8. The molecule has 1 amide bonds. The molecule has 0 aliphatic rings. The highest BCUT2D eigenvalue weighted by Gasteiger charge is 2.20. The van der Waals surface area contributed by atoms with E-state index in [0.717, 1.165) is 5.69 Å². The van der Waals surface area contributed by atoms with E-state index in [-0.39, 0.29) is 6.03 Å². The van der Waals surface area contributed by atoms with Crippen LogP contribution in [0.4, 0.5) is 10.5 Å². The number of benzene rings is 2. The molecule has 22 heavy (non-hydrogen) atoms. The first-order chi connectivity index (χ1) is 10.6. The molecule has 7 heteroatoms. The van der Waals surface area contributed by atoms with Crippen molar-refractivity contribution in [2.75, 3.05) is 11.4 Å². The van der Waals surface area contributed by atoms with Gasteiger partial charge in [0.1, 0.15) is 11.0 Å². The second-order valence-corrected chi connectivity index (χ2v) is 5.43. The Bertz CT molecular complexity index is 832. The van der Waals surface area contributed by atoms with Crippen molar-refractivity contribution in [1.29, 1.82) is 0 Å². The first-order valence-electron chi connectivity index (χ1n) is 6.69. The molecule has 0 aliphatic heterocycles. The van der Waals surface area contributed by atoms with Crippen molar-refractivity contribution in [3.05, 3.63) is 52.5 Å². The first-order valence-corrected chi connectivity index (χ1v) is 7.44. The Morgan fingerprint density at radius 1 is 1.18 bits per heavy atom. The van der Waals surface area contributed by atoms with Crippen LogP contribution in [0.15, 0.2) is 42.5 Å². The van der Waals surface area contributed by atoms with Crippen LogP contribution >= 0.6 is 23.2 Å². The van der Waals surface area contributed by atoms with Crippen molar-refractivity contribution in [2.45, 2.75) is 6.92 Å². The van der Waals surface area contributed by atoms with Gasteiger partial charge in [-0.3, -0.25) is 4.90 Å². The fourth-order valence-corrected chi connectivity index (χ4v) is 2.52. The molecule has 0 bridgehead atoms. The van der Waals surface area contributed by atoms with Gasteiger partial charge in [0.15, 0.2) is 0 Å². The molecule has 112 valence electrons. The number of rotatable bonds is 2. The lowest BCUT2D eigenvalue weighted by molar-refractivity contribution is 0.245. The third-order valence-electron chi connectivity index (χ3n) is 3.28. The largest absolute Gasteiger partial charge is 0.351 e. The van der Waals surface area contributed by atoms with E-state index in [1.165, 1.54) is 4.68 Å². The Morgan fingerprint density at radius 2 is 1.86 bits per heavy atom. The van der Waals surface area contributed by atoms with Gasteiger partial charge in [-0.05, 0) is 31.2 Å². The van der Waals surface area contributed by atoms with Crippen LogP contribution in [0.5, 0.6) is 0 Å². The highest BCUT2D eigenvalue weighted by atomic mass is 35.5. The van der Waals surface area contributed by atoms with Gasteiger partial charge in [0.05, 0.1) is 10.0 Å². The summed E-state index contributed by atoms with van der Waals surface area (Å²) in [6.07, 6.45) is 0. The van der Waals surface area contributed by atoms with Crippen molar-refractivity contribution >= 4 is 46.0 Å². The minimum absolute atomic E-state index is 0.297. The lowest BCUT2D eigenvalue weighted by Crippen LogP contribution is -2.35. The topological polar surface area (TPSA) is 51.0 Å². The number of fused-ring (bicyclic) bond motifs is 1. The third kappa shape index (κ3) is 2.53. The highest BCUT2D eigenvalue weighted by molar-refractivity contribution is 6.42. The van der Waals surface area contributed by atoms with Crippen LogP contribution in [0.25, 0.3) is 11.0 Å². The summed E-state index contributed by atoms with van der Waals surface area (Å²) in [7, 11) is 0. The van der Waals surface area contributed by atoms with Crippen molar-refractivity contribution in [3.63, 3.8) is 0 Å². The summed E-state index contributed by atoms with van der Waals surface area (Å²) < 4.78 is 1.23. The van der Waals surface area contributed by atoms with E-state index < -0.39 is 0 Å². The zero-order chi connectivity index (χ0) is 15.7. The molecule has 1 aromatic heterocycles. The SMILES string of the molecule is CCN(C(=O)n1nnc2cc(Cl)c(Cl)cc21)c1ccccc1. The molecule has 1 heterocycles. The Labute approximate surface area is 137 Å². The summed E-state index contributed by atoms with van der Waals surface area (Å²) in [5.74, 6) is 0. The van der Waals surface area contributed by atoms with Crippen LogP contribution in [0, 0.1) is 0 Å². The fourth-order valence-electron chi connectivity index (χ4n) is 2.21. The Balaban J connectivity index is 2.06. The number of hydrogen-bond donors (Lipinski definition) is 0. The molecule has 0 atom stereocenters. The van der Waals surface area contributed by atoms with Gasteiger partial charge in [-0.1, -0.05) is 46.6 Å². The van der Waals surface area contributed by atoms with E-state index in [1.807, 2.05) is 37.3 Å². The summed E-state index contributed by atoms with van der Waals surface area (Å²) in [5, 5.41) is 8.64. The number of nitrogens with zero attached hydrogens (tertiary/aromatic N) is 4. The van der Waals surface area contributed by atoms with E-state index >= 15 is 0 Å². The maximum absolute atomic E-state index is 12.8. The number of anilines is 1. The number of hydrogen-bond acceptors (Lipinski definition) is 3. The number of amides is 1. The minimum atomic E-state index is -0.297. The van der Waals surface area contributed by atoms with Crippen LogP contribution in [-0.2, 0) is 0 Å². The predicted octanol–water partition coefficient (Wildman–Crippen LogP) is 4.23.